The number of hydrogen-bond donors (Lipinski definition) is 1. The van der Waals surface area contributed by atoms with Gasteiger partial charge in [0.2, 0.25) is 5.91 Å². The van der Waals surface area contributed by atoms with Crippen LogP contribution < -0.4 is 10.1 Å². The van der Waals surface area contributed by atoms with Crippen molar-refractivity contribution in [3.63, 3.8) is 0 Å². The van der Waals surface area contributed by atoms with Gasteiger partial charge in [0.15, 0.2) is 0 Å². The number of carbonyl (C=O) groups excluding carboxylic acids is 1. The zero-order valence-electron chi connectivity index (χ0n) is 10.5. The normalized spacial score (nSPS) is 19.9. The Morgan fingerprint density at radius 3 is 2.94 bits per heavy atom. The minimum atomic E-state index is 0.0138. The molecule has 1 aliphatic heterocycles. The molecule has 1 aromatic rings. The number of aryl methyl sites for hydroxylation is 1. The Morgan fingerprint density at radius 1 is 1.47 bits per heavy atom. The lowest BCUT2D eigenvalue weighted by molar-refractivity contribution is -0.123. The Balaban J connectivity index is 2.29. The molecular weight excluding hydrogens is 214 g/mol. The highest BCUT2D eigenvalue weighted by atomic mass is 16.5. The highest BCUT2D eigenvalue weighted by molar-refractivity contribution is 5.84. The molecule has 1 N–H and O–H groups in total. The van der Waals surface area contributed by atoms with Crippen LogP contribution in [0.4, 0.5) is 0 Å². The van der Waals surface area contributed by atoms with Gasteiger partial charge in [-0.1, -0.05) is 19.1 Å². The quantitative estimate of drug-likeness (QED) is 0.869. The number of amides is 1. The largest absolute Gasteiger partial charge is 0.496 e. The van der Waals surface area contributed by atoms with Crippen LogP contribution in [-0.4, -0.2) is 19.6 Å². The van der Waals surface area contributed by atoms with Crippen molar-refractivity contribution in [2.45, 2.75) is 32.1 Å². The maximum absolute atomic E-state index is 11.8. The smallest absolute Gasteiger partial charge is 0.227 e. The lowest BCUT2D eigenvalue weighted by Gasteiger charge is -2.23. The van der Waals surface area contributed by atoms with Gasteiger partial charge in [-0.3, -0.25) is 4.79 Å². The fraction of sp³-hybridized carbons (Fsp3) is 0.500. The number of ether oxygens (including phenoxy) is 1. The number of nitrogens with one attached hydrogen (secondary N) is 1. The van der Waals surface area contributed by atoms with Crippen molar-refractivity contribution in [3.8, 4) is 5.75 Å². The molecule has 0 radical (unpaired) electrons. The fourth-order valence-electron chi connectivity index (χ4n) is 2.38. The number of carbonyl (C=O) groups is 1. The van der Waals surface area contributed by atoms with Crippen molar-refractivity contribution in [2.24, 2.45) is 0 Å². The molecule has 1 aromatic carbocycles. The van der Waals surface area contributed by atoms with Crippen molar-refractivity contribution < 1.29 is 9.53 Å². The SMILES string of the molecule is CCc1cc(C2CCCNC2=O)ccc1OC. The van der Waals surface area contributed by atoms with Gasteiger partial charge in [-0.25, -0.2) is 0 Å². The lowest BCUT2D eigenvalue weighted by atomic mass is 9.89. The summed E-state index contributed by atoms with van der Waals surface area (Å²) in [6.07, 6.45) is 2.93. The van der Waals surface area contributed by atoms with E-state index in [0.717, 1.165) is 37.1 Å². The first-order valence-electron chi connectivity index (χ1n) is 6.20. The van der Waals surface area contributed by atoms with Gasteiger partial charge < -0.3 is 10.1 Å². The Kier molecular flexibility index (Phi) is 3.67. The Labute approximate surface area is 102 Å². The van der Waals surface area contributed by atoms with E-state index in [9.17, 15) is 4.79 Å². The van der Waals surface area contributed by atoms with Crippen LogP contribution in [0.2, 0.25) is 0 Å². The van der Waals surface area contributed by atoms with E-state index in [1.165, 1.54) is 5.56 Å². The predicted molar refractivity (Wildman–Crippen MR) is 67.4 cm³/mol. The van der Waals surface area contributed by atoms with E-state index in [1.807, 2.05) is 12.1 Å². The first-order valence-corrected chi connectivity index (χ1v) is 6.20. The van der Waals surface area contributed by atoms with E-state index in [4.69, 9.17) is 4.74 Å². The monoisotopic (exact) mass is 233 g/mol. The van der Waals surface area contributed by atoms with Crippen molar-refractivity contribution in [3.05, 3.63) is 29.3 Å². The molecule has 92 valence electrons. The summed E-state index contributed by atoms with van der Waals surface area (Å²) in [6.45, 7) is 2.91. The summed E-state index contributed by atoms with van der Waals surface area (Å²) in [4.78, 5) is 11.8. The predicted octanol–water partition coefficient (Wildman–Crippen LogP) is 2.25. The molecule has 1 amide bonds. The fourth-order valence-corrected chi connectivity index (χ4v) is 2.38. The Bertz CT molecular complexity index is 415. The van der Waals surface area contributed by atoms with Crippen molar-refractivity contribution in [1.82, 2.24) is 5.32 Å². The molecule has 0 aliphatic carbocycles. The summed E-state index contributed by atoms with van der Waals surface area (Å²) in [5.74, 6) is 1.08. The standard InChI is InChI=1S/C14H19NO2/c1-3-10-9-11(6-7-13(10)17-2)12-5-4-8-15-14(12)16/h6-7,9,12H,3-5,8H2,1-2H3,(H,15,16). The van der Waals surface area contributed by atoms with Gasteiger partial charge in [0, 0.05) is 6.54 Å². The number of piperidine rings is 1. The van der Waals surface area contributed by atoms with Crippen LogP contribution in [0, 0.1) is 0 Å². The summed E-state index contributed by atoms with van der Waals surface area (Å²) in [5, 5.41) is 2.93. The van der Waals surface area contributed by atoms with Crippen LogP contribution >= 0.6 is 0 Å². The van der Waals surface area contributed by atoms with Crippen molar-refractivity contribution in [2.75, 3.05) is 13.7 Å². The van der Waals surface area contributed by atoms with E-state index in [-0.39, 0.29) is 11.8 Å². The lowest BCUT2D eigenvalue weighted by Crippen LogP contribution is -2.35. The van der Waals surface area contributed by atoms with Gasteiger partial charge in [0.1, 0.15) is 5.75 Å². The highest BCUT2D eigenvalue weighted by Gasteiger charge is 2.24. The molecule has 1 unspecified atom stereocenters. The maximum atomic E-state index is 11.8. The van der Waals surface area contributed by atoms with Crippen LogP contribution in [0.5, 0.6) is 5.75 Å². The molecule has 0 spiro atoms. The Hall–Kier alpha value is -1.51. The molecule has 2 rings (SSSR count). The molecule has 1 heterocycles. The van der Waals surface area contributed by atoms with Gasteiger partial charge in [0.05, 0.1) is 13.0 Å². The second-order valence-electron chi connectivity index (χ2n) is 4.41. The number of hydrogen-bond acceptors (Lipinski definition) is 2. The highest BCUT2D eigenvalue weighted by Crippen LogP contribution is 2.28. The first kappa shape index (κ1) is 12.0. The summed E-state index contributed by atoms with van der Waals surface area (Å²) in [7, 11) is 1.68. The summed E-state index contributed by atoms with van der Waals surface area (Å²) < 4.78 is 5.30. The van der Waals surface area contributed by atoms with E-state index in [0.29, 0.717) is 0 Å². The average molecular weight is 233 g/mol. The third-order valence-electron chi connectivity index (χ3n) is 3.37. The molecule has 3 nitrogen and oxygen atoms in total. The van der Waals surface area contributed by atoms with E-state index in [1.54, 1.807) is 7.11 Å². The maximum Gasteiger partial charge on any atom is 0.227 e. The minimum absolute atomic E-state index is 0.0138. The first-order chi connectivity index (χ1) is 8.26. The van der Waals surface area contributed by atoms with Crippen molar-refractivity contribution >= 4 is 5.91 Å². The van der Waals surface area contributed by atoms with E-state index < -0.39 is 0 Å². The zero-order chi connectivity index (χ0) is 12.3. The molecule has 0 aromatic heterocycles. The summed E-state index contributed by atoms with van der Waals surface area (Å²) >= 11 is 0. The second-order valence-corrected chi connectivity index (χ2v) is 4.41. The third-order valence-corrected chi connectivity index (χ3v) is 3.37. The molecule has 0 bridgehead atoms. The van der Waals surface area contributed by atoms with Crippen LogP contribution in [0.15, 0.2) is 18.2 Å². The van der Waals surface area contributed by atoms with Crippen LogP contribution in [-0.2, 0) is 11.2 Å². The molecule has 1 aliphatic rings. The topological polar surface area (TPSA) is 38.3 Å². The summed E-state index contributed by atoms with van der Waals surface area (Å²) in [5.41, 5.74) is 2.28. The Morgan fingerprint density at radius 2 is 2.29 bits per heavy atom. The van der Waals surface area contributed by atoms with Gasteiger partial charge >= 0.3 is 0 Å². The van der Waals surface area contributed by atoms with Gasteiger partial charge in [-0.15, -0.1) is 0 Å². The second kappa shape index (κ2) is 5.21. The molecular formula is C14H19NO2. The van der Waals surface area contributed by atoms with E-state index >= 15 is 0 Å². The number of methoxy groups -OCH3 is 1. The van der Waals surface area contributed by atoms with Crippen LogP contribution in [0.25, 0.3) is 0 Å². The van der Waals surface area contributed by atoms with Gasteiger partial charge in [-0.2, -0.15) is 0 Å². The zero-order valence-corrected chi connectivity index (χ0v) is 10.5. The average Bonchev–Trinajstić information content (AvgIpc) is 2.38. The van der Waals surface area contributed by atoms with Gasteiger partial charge in [-0.05, 0) is 36.5 Å². The van der Waals surface area contributed by atoms with Crippen molar-refractivity contribution in [1.29, 1.82) is 0 Å². The molecule has 1 atom stereocenters. The number of rotatable bonds is 3. The van der Waals surface area contributed by atoms with Crippen LogP contribution in [0.1, 0.15) is 36.8 Å². The molecule has 1 saturated heterocycles. The third kappa shape index (κ3) is 2.43. The molecule has 1 fully saturated rings. The number of benzene rings is 1. The minimum Gasteiger partial charge on any atom is -0.496 e. The molecule has 0 saturated carbocycles. The molecule has 3 heteroatoms. The van der Waals surface area contributed by atoms with Crippen LogP contribution in [0.3, 0.4) is 0 Å². The van der Waals surface area contributed by atoms with Gasteiger partial charge in [0.25, 0.3) is 0 Å². The summed E-state index contributed by atoms with van der Waals surface area (Å²) in [6, 6.07) is 6.08. The molecule has 17 heavy (non-hydrogen) atoms. The van der Waals surface area contributed by atoms with E-state index in [2.05, 4.69) is 18.3 Å².